The number of hydrogen-bond donors (Lipinski definition) is 0. The number of rotatable bonds is 4. The fraction of sp³-hybridized carbons (Fsp3) is 0.0870. The van der Waals surface area contributed by atoms with Gasteiger partial charge < -0.3 is 0 Å². The Morgan fingerprint density at radius 1 is 0.400 bits per heavy atom. The van der Waals surface area contributed by atoms with Crippen LogP contribution in [-0.2, 0) is 12.8 Å². The van der Waals surface area contributed by atoms with Gasteiger partial charge >= 0.3 is 0 Å². The topological polar surface area (TPSA) is 51.6 Å². The van der Waals surface area contributed by atoms with Crippen molar-refractivity contribution in [3.05, 3.63) is 157 Å². The molecule has 50 heavy (non-hydrogen) atoms. The van der Waals surface area contributed by atoms with Crippen molar-refractivity contribution in [3.63, 3.8) is 0 Å². The minimum Gasteiger partial charge on any atom is -0.256 e. The first-order valence-electron chi connectivity index (χ1n) is 17.4. The van der Waals surface area contributed by atoms with Crippen molar-refractivity contribution in [3.8, 4) is 45.3 Å². The summed E-state index contributed by atoms with van der Waals surface area (Å²) in [5.74, 6) is 2.04. The molecule has 236 valence electrons. The number of para-hydroxylation sites is 1. The molecule has 0 aliphatic heterocycles. The molecule has 0 saturated carbocycles. The number of pyridine rings is 1. The minimum atomic E-state index is 0.659. The van der Waals surface area contributed by atoms with Crippen molar-refractivity contribution in [2.75, 3.05) is 0 Å². The van der Waals surface area contributed by atoms with Gasteiger partial charge in [-0.1, -0.05) is 115 Å². The van der Waals surface area contributed by atoms with E-state index >= 15 is 0 Å². The van der Waals surface area contributed by atoms with Gasteiger partial charge in [0.2, 0.25) is 0 Å². The molecule has 0 amide bonds. The van der Waals surface area contributed by atoms with Crippen LogP contribution in [0.5, 0.6) is 0 Å². The summed E-state index contributed by atoms with van der Waals surface area (Å²) in [5, 5.41) is 8.34. The summed E-state index contributed by atoms with van der Waals surface area (Å²) >= 11 is 0. The van der Waals surface area contributed by atoms with E-state index in [1.807, 2.05) is 18.3 Å². The molecular formula is C46H32N4. The third-order valence-corrected chi connectivity index (χ3v) is 10.3. The fourth-order valence-electron chi connectivity index (χ4n) is 7.84. The zero-order chi connectivity index (χ0) is 33.0. The molecule has 1 aliphatic rings. The van der Waals surface area contributed by atoms with Gasteiger partial charge in [-0.2, -0.15) is 0 Å². The lowest BCUT2D eigenvalue weighted by molar-refractivity contribution is 0.690. The van der Waals surface area contributed by atoms with E-state index in [1.165, 1.54) is 45.5 Å². The number of benzene rings is 7. The Morgan fingerprint density at radius 2 is 0.980 bits per heavy atom. The maximum atomic E-state index is 5.32. The fourth-order valence-corrected chi connectivity index (χ4v) is 7.84. The molecule has 0 bridgehead atoms. The van der Waals surface area contributed by atoms with Crippen LogP contribution in [-0.4, -0.2) is 19.9 Å². The molecule has 0 radical (unpaired) electrons. The van der Waals surface area contributed by atoms with Crippen molar-refractivity contribution < 1.29 is 0 Å². The molecule has 9 aromatic rings. The maximum absolute atomic E-state index is 5.32. The van der Waals surface area contributed by atoms with E-state index in [2.05, 4.69) is 127 Å². The Morgan fingerprint density at radius 3 is 1.78 bits per heavy atom. The molecule has 4 nitrogen and oxygen atoms in total. The van der Waals surface area contributed by atoms with Gasteiger partial charge in [-0.15, -0.1) is 0 Å². The van der Waals surface area contributed by atoms with Gasteiger partial charge in [-0.25, -0.2) is 15.0 Å². The molecular weight excluding hydrogens is 609 g/mol. The standard InChI is InChI=1S/C46H32N4/c1-4-14-35-31(11-1)26-41(39-18-8-6-16-37(35)39)45-48-44(30-23-21-29(22-24-30)34-25-33-13-3-10-20-43(33)47-28-34)49-46(50-45)42-27-32-12-2-5-15-36(32)38-17-7-9-19-40(38)42/h1,3-4,6-11,13-14,16-28H,2,5,12,15H2. The number of aromatic nitrogens is 4. The first-order valence-corrected chi connectivity index (χ1v) is 17.4. The van der Waals surface area contributed by atoms with Gasteiger partial charge in [-0.3, -0.25) is 4.98 Å². The van der Waals surface area contributed by atoms with Gasteiger partial charge in [0.25, 0.3) is 0 Å². The Kier molecular flexibility index (Phi) is 6.73. The van der Waals surface area contributed by atoms with Crippen LogP contribution in [0.4, 0.5) is 0 Å². The van der Waals surface area contributed by atoms with Crippen LogP contribution >= 0.6 is 0 Å². The predicted molar refractivity (Wildman–Crippen MR) is 206 cm³/mol. The van der Waals surface area contributed by atoms with Gasteiger partial charge in [-0.05, 0) is 99.0 Å². The molecule has 0 N–H and O–H groups in total. The average Bonchev–Trinajstić information content (AvgIpc) is 3.20. The predicted octanol–water partition coefficient (Wildman–Crippen LogP) is 11.4. The van der Waals surface area contributed by atoms with Crippen molar-refractivity contribution >= 4 is 43.2 Å². The Bertz CT molecular complexity index is 2770. The second kappa shape index (κ2) is 11.7. The Balaban J connectivity index is 1.19. The molecule has 4 heteroatoms. The molecule has 10 rings (SSSR count). The van der Waals surface area contributed by atoms with E-state index in [0.717, 1.165) is 62.3 Å². The van der Waals surface area contributed by atoms with Crippen LogP contribution in [0.1, 0.15) is 24.0 Å². The van der Waals surface area contributed by atoms with Crippen molar-refractivity contribution in [1.82, 2.24) is 19.9 Å². The SMILES string of the molecule is c1ccc2ncc(-c3ccc(-c4nc(-c5cc6c(c7ccccc57)CCCC6)nc(-c5cc6ccccc6c6ccccc56)n4)cc3)cc2c1. The summed E-state index contributed by atoms with van der Waals surface area (Å²) in [6.45, 7) is 0. The third-order valence-electron chi connectivity index (χ3n) is 10.3. The van der Waals surface area contributed by atoms with Crippen molar-refractivity contribution in [2.45, 2.75) is 25.7 Å². The molecule has 0 fully saturated rings. The smallest absolute Gasteiger partial charge is 0.164 e. The highest BCUT2D eigenvalue weighted by molar-refractivity contribution is 6.13. The molecule has 1 aliphatic carbocycles. The maximum Gasteiger partial charge on any atom is 0.164 e. The van der Waals surface area contributed by atoms with E-state index in [1.54, 1.807) is 0 Å². The highest BCUT2D eigenvalue weighted by Gasteiger charge is 2.21. The lowest BCUT2D eigenvalue weighted by atomic mass is 9.85. The number of nitrogens with zero attached hydrogens (tertiary/aromatic N) is 4. The summed E-state index contributed by atoms with van der Waals surface area (Å²) in [6.07, 6.45) is 6.59. The van der Waals surface area contributed by atoms with Crippen LogP contribution < -0.4 is 0 Å². The van der Waals surface area contributed by atoms with Crippen LogP contribution in [0.25, 0.3) is 88.5 Å². The molecule has 0 unspecified atom stereocenters. The molecule has 2 heterocycles. The molecule has 0 atom stereocenters. The Labute approximate surface area is 290 Å². The van der Waals surface area contributed by atoms with Crippen LogP contribution in [0.3, 0.4) is 0 Å². The summed E-state index contributed by atoms with van der Waals surface area (Å²) in [5.41, 5.74) is 9.08. The molecule has 7 aromatic carbocycles. The summed E-state index contributed by atoms with van der Waals surface area (Å²) in [4.78, 5) is 20.5. The lowest BCUT2D eigenvalue weighted by Gasteiger charge is -2.20. The average molecular weight is 641 g/mol. The largest absolute Gasteiger partial charge is 0.256 e. The van der Waals surface area contributed by atoms with Gasteiger partial charge in [0.1, 0.15) is 0 Å². The van der Waals surface area contributed by atoms with Crippen LogP contribution in [0, 0.1) is 0 Å². The normalized spacial score (nSPS) is 12.9. The van der Waals surface area contributed by atoms with Gasteiger partial charge in [0.05, 0.1) is 5.52 Å². The summed E-state index contributed by atoms with van der Waals surface area (Å²) in [7, 11) is 0. The summed E-state index contributed by atoms with van der Waals surface area (Å²) < 4.78 is 0. The second-order valence-electron chi connectivity index (χ2n) is 13.3. The van der Waals surface area contributed by atoms with E-state index < -0.39 is 0 Å². The van der Waals surface area contributed by atoms with Crippen LogP contribution in [0.15, 0.2) is 146 Å². The number of hydrogen-bond acceptors (Lipinski definition) is 4. The third kappa shape index (κ3) is 4.83. The first-order chi connectivity index (χ1) is 24.8. The molecule has 0 spiro atoms. The molecule has 2 aromatic heterocycles. The lowest BCUT2D eigenvalue weighted by Crippen LogP contribution is -2.06. The van der Waals surface area contributed by atoms with E-state index in [-0.39, 0.29) is 0 Å². The zero-order valence-electron chi connectivity index (χ0n) is 27.5. The zero-order valence-corrected chi connectivity index (χ0v) is 27.5. The summed E-state index contributed by atoms with van der Waals surface area (Å²) in [6, 6.07) is 49.5. The number of aryl methyl sites for hydroxylation is 2. The minimum absolute atomic E-state index is 0.659. The van der Waals surface area contributed by atoms with Crippen molar-refractivity contribution in [1.29, 1.82) is 0 Å². The Hall–Kier alpha value is -6.26. The highest BCUT2D eigenvalue weighted by atomic mass is 15.0. The van der Waals surface area contributed by atoms with E-state index in [0.29, 0.717) is 17.5 Å². The van der Waals surface area contributed by atoms with Gasteiger partial charge in [0.15, 0.2) is 17.5 Å². The first kappa shape index (κ1) is 28.7. The second-order valence-corrected chi connectivity index (χ2v) is 13.3. The van der Waals surface area contributed by atoms with Gasteiger partial charge in [0, 0.05) is 33.8 Å². The van der Waals surface area contributed by atoms with E-state index in [9.17, 15) is 0 Å². The molecule has 0 saturated heterocycles. The van der Waals surface area contributed by atoms with E-state index in [4.69, 9.17) is 19.9 Å². The monoisotopic (exact) mass is 640 g/mol. The quantitative estimate of drug-likeness (QED) is 0.180. The van der Waals surface area contributed by atoms with Crippen molar-refractivity contribution in [2.24, 2.45) is 0 Å². The van der Waals surface area contributed by atoms with Crippen LogP contribution in [0.2, 0.25) is 0 Å². The number of fused-ring (bicyclic) bond motifs is 7. The highest BCUT2D eigenvalue weighted by Crippen LogP contribution is 2.39.